The van der Waals surface area contributed by atoms with Crippen molar-refractivity contribution in [3.63, 3.8) is 0 Å². The Labute approximate surface area is 115 Å². The Morgan fingerprint density at radius 2 is 2.15 bits per heavy atom. The van der Waals surface area contributed by atoms with E-state index >= 15 is 0 Å². The van der Waals surface area contributed by atoms with Crippen LogP contribution in [0.3, 0.4) is 0 Å². The number of nitro benzene ring substituents is 1. The zero-order valence-electron chi connectivity index (χ0n) is 10.8. The maximum Gasteiger partial charge on any atom is 0.311 e. The molecule has 1 aromatic carbocycles. The lowest BCUT2D eigenvalue weighted by Crippen LogP contribution is -2.00. The van der Waals surface area contributed by atoms with Gasteiger partial charge in [-0.25, -0.2) is 0 Å². The largest absolute Gasteiger partial charge is 0.482 e. The number of carbonyl (C=O) groups excluding carboxylic acids is 1. The average Bonchev–Trinajstić information content (AvgIpc) is 2.45. The number of pyridine rings is 1. The standard InChI is InChI=1S/C14H12N2O4/c1-10-4-12(7-15-6-10)9-20-14-3-2-11(8-17)5-13(14)16(18)19/h2-8H,9H2,1H3. The van der Waals surface area contributed by atoms with Gasteiger partial charge in [0, 0.05) is 29.6 Å². The zero-order valence-corrected chi connectivity index (χ0v) is 10.8. The van der Waals surface area contributed by atoms with Crippen LogP contribution in [-0.4, -0.2) is 16.2 Å². The van der Waals surface area contributed by atoms with Crippen LogP contribution in [0.15, 0.2) is 36.7 Å². The first-order valence-electron chi connectivity index (χ1n) is 5.87. The van der Waals surface area contributed by atoms with Crippen LogP contribution in [0.4, 0.5) is 5.69 Å². The number of aldehydes is 1. The number of aryl methyl sites for hydroxylation is 1. The van der Waals surface area contributed by atoms with Gasteiger partial charge in [-0.05, 0) is 30.7 Å². The summed E-state index contributed by atoms with van der Waals surface area (Å²) in [6.07, 6.45) is 3.91. The molecule has 0 fully saturated rings. The third kappa shape index (κ3) is 3.17. The minimum Gasteiger partial charge on any atom is -0.482 e. The van der Waals surface area contributed by atoms with E-state index in [0.29, 0.717) is 6.29 Å². The van der Waals surface area contributed by atoms with Crippen LogP contribution in [0.2, 0.25) is 0 Å². The Morgan fingerprint density at radius 3 is 2.80 bits per heavy atom. The molecule has 0 spiro atoms. The highest BCUT2D eigenvalue weighted by Gasteiger charge is 2.16. The van der Waals surface area contributed by atoms with E-state index < -0.39 is 4.92 Å². The molecular formula is C14H12N2O4. The molecule has 0 radical (unpaired) electrons. The number of rotatable bonds is 5. The van der Waals surface area contributed by atoms with Crippen molar-refractivity contribution in [2.75, 3.05) is 0 Å². The van der Waals surface area contributed by atoms with E-state index in [9.17, 15) is 14.9 Å². The van der Waals surface area contributed by atoms with Gasteiger partial charge in [0.25, 0.3) is 0 Å². The fourth-order valence-corrected chi connectivity index (χ4v) is 1.73. The number of benzene rings is 1. The van der Waals surface area contributed by atoms with E-state index in [-0.39, 0.29) is 23.6 Å². The van der Waals surface area contributed by atoms with Gasteiger partial charge in [-0.15, -0.1) is 0 Å². The first-order chi connectivity index (χ1) is 9.60. The lowest BCUT2D eigenvalue weighted by Gasteiger charge is -2.07. The predicted molar refractivity (Wildman–Crippen MR) is 71.8 cm³/mol. The van der Waals surface area contributed by atoms with E-state index in [1.807, 2.05) is 13.0 Å². The highest BCUT2D eigenvalue weighted by atomic mass is 16.6. The Hall–Kier alpha value is -2.76. The second kappa shape index (κ2) is 5.92. The lowest BCUT2D eigenvalue weighted by atomic mass is 10.2. The minimum atomic E-state index is -0.573. The third-order valence-corrected chi connectivity index (χ3v) is 2.64. The van der Waals surface area contributed by atoms with Gasteiger partial charge in [-0.2, -0.15) is 0 Å². The fraction of sp³-hybridized carbons (Fsp3) is 0.143. The van der Waals surface area contributed by atoms with Crippen molar-refractivity contribution >= 4 is 12.0 Å². The number of nitrogens with zero attached hydrogens (tertiary/aromatic N) is 2. The number of ether oxygens (including phenoxy) is 1. The molecule has 0 aliphatic carbocycles. The highest BCUT2D eigenvalue weighted by molar-refractivity contribution is 5.77. The van der Waals surface area contributed by atoms with Crippen molar-refractivity contribution in [1.29, 1.82) is 0 Å². The van der Waals surface area contributed by atoms with Crippen LogP contribution < -0.4 is 4.74 Å². The molecular weight excluding hydrogens is 260 g/mol. The van der Waals surface area contributed by atoms with Crippen LogP contribution in [-0.2, 0) is 6.61 Å². The first kappa shape index (κ1) is 13.7. The summed E-state index contributed by atoms with van der Waals surface area (Å²) in [5.74, 6) is 0.127. The van der Waals surface area contributed by atoms with Crippen LogP contribution in [0.5, 0.6) is 5.75 Å². The summed E-state index contributed by atoms with van der Waals surface area (Å²) in [4.78, 5) is 25.0. The molecule has 20 heavy (non-hydrogen) atoms. The van der Waals surface area contributed by atoms with Crippen molar-refractivity contribution in [1.82, 2.24) is 4.98 Å². The topological polar surface area (TPSA) is 82.3 Å². The summed E-state index contributed by atoms with van der Waals surface area (Å²) in [5, 5.41) is 11.0. The summed E-state index contributed by atoms with van der Waals surface area (Å²) in [6, 6.07) is 5.98. The maximum absolute atomic E-state index is 11.0. The molecule has 0 aliphatic heterocycles. The monoisotopic (exact) mass is 272 g/mol. The Bertz CT molecular complexity index is 655. The minimum absolute atomic E-state index is 0.127. The molecule has 2 rings (SSSR count). The van der Waals surface area contributed by atoms with Gasteiger partial charge in [-0.3, -0.25) is 19.9 Å². The van der Waals surface area contributed by atoms with Crippen LogP contribution in [0, 0.1) is 17.0 Å². The molecule has 1 aromatic heterocycles. The summed E-state index contributed by atoms with van der Waals surface area (Å²) < 4.78 is 5.44. The molecule has 2 aromatic rings. The van der Waals surface area contributed by atoms with E-state index in [1.165, 1.54) is 18.2 Å². The lowest BCUT2D eigenvalue weighted by molar-refractivity contribution is -0.386. The Balaban J connectivity index is 2.20. The van der Waals surface area contributed by atoms with Crippen LogP contribution in [0.1, 0.15) is 21.5 Å². The summed E-state index contributed by atoms with van der Waals surface area (Å²) in [7, 11) is 0. The van der Waals surface area contributed by atoms with Gasteiger partial charge in [0.1, 0.15) is 12.9 Å². The van der Waals surface area contributed by atoms with Crippen molar-refractivity contribution in [3.8, 4) is 5.75 Å². The summed E-state index contributed by atoms with van der Waals surface area (Å²) in [5.41, 5.74) is 1.81. The molecule has 0 aliphatic rings. The van der Waals surface area contributed by atoms with E-state index in [1.54, 1.807) is 12.4 Å². The van der Waals surface area contributed by atoms with Crippen molar-refractivity contribution in [2.45, 2.75) is 13.5 Å². The number of nitro groups is 1. The van der Waals surface area contributed by atoms with Crippen molar-refractivity contribution < 1.29 is 14.5 Å². The predicted octanol–water partition coefficient (Wildman–Crippen LogP) is 2.69. The molecule has 0 atom stereocenters. The van der Waals surface area contributed by atoms with Gasteiger partial charge in [0.2, 0.25) is 0 Å². The van der Waals surface area contributed by atoms with Crippen LogP contribution in [0.25, 0.3) is 0 Å². The van der Waals surface area contributed by atoms with Crippen molar-refractivity contribution in [3.05, 3.63) is 63.5 Å². The number of carbonyl (C=O) groups is 1. The molecule has 0 unspecified atom stereocenters. The maximum atomic E-state index is 11.0. The van der Waals surface area contributed by atoms with E-state index in [0.717, 1.165) is 11.1 Å². The molecule has 0 N–H and O–H groups in total. The molecule has 0 saturated heterocycles. The van der Waals surface area contributed by atoms with E-state index in [2.05, 4.69) is 4.98 Å². The molecule has 0 amide bonds. The second-order valence-corrected chi connectivity index (χ2v) is 4.26. The smallest absolute Gasteiger partial charge is 0.311 e. The first-order valence-corrected chi connectivity index (χ1v) is 5.87. The Morgan fingerprint density at radius 1 is 1.35 bits per heavy atom. The SMILES string of the molecule is Cc1cncc(COc2ccc(C=O)cc2[N+](=O)[O-])c1. The van der Waals surface area contributed by atoms with Gasteiger partial charge in [-0.1, -0.05) is 0 Å². The molecule has 0 bridgehead atoms. The van der Waals surface area contributed by atoms with Gasteiger partial charge < -0.3 is 4.74 Å². The average molecular weight is 272 g/mol. The van der Waals surface area contributed by atoms with Crippen molar-refractivity contribution in [2.24, 2.45) is 0 Å². The van der Waals surface area contributed by atoms with E-state index in [4.69, 9.17) is 4.74 Å². The number of hydrogen-bond donors (Lipinski definition) is 0. The van der Waals surface area contributed by atoms with Gasteiger partial charge in [0.05, 0.1) is 4.92 Å². The number of hydrogen-bond acceptors (Lipinski definition) is 5. The fourth-order valence-electron chi connectivity index (χ4n) is 1.73. The second-order valence-electron chi connectivity index (χ2n) is 4.26. The molecule has 0 saturated carbocycles. The quantitative estimate of drug-likeness (QED) is 0.474. The number of aromatic nitrogens is 1. The molecule has 6 heteroatoms. The van der Waals surface area contributed by atoms with Gasteiger partial charge >= 0.3 is 5.69 Å². The molecule has 6 nitrogen and oxygen atoms in total. The normalized spacial score (nSPS) is 10.1. The molecule has 1 heterocycles. The van der Waals surface area contributed by atoms with Crippen LogP contribution >= 0.6 is 0 Å². The summed E-state index contributed by atoms with van der Waals surface area (Å²) >= 11 is 0. The summed E-state index contributed by atoms with van der Waals surface area (Å²) in [6.45, 7) is 2.08. The van der Waals surface area contributed by atoms with Gasteiger partial charge in [0.15, 0.2) is 5.75 Å². The Kier molecular flexibility index (Phi) is 4.05. The molecule has 102 valence electrons. The highest BCUT2D eigenvalue weighted by Crippen LogP contribution is 2.28. The zero-order chi connectivity index (χ0) is 14.5. The third-order valence-electron chi connectivity index (χ3n) is 2.64.